The topological polar surface area (TPSA) is 72.7 Å². The van der Waals surface area contributed by atoms with Gasteiger partial charge >= 0.3 is 0 Å². The van der Waals surface area contributed by atoms with Gasteiger partial charge in [0.2, 0.25) is 5.91 Å². The summed E-state index contributed by atoms with van der Waals surface area (Å²) in [6.45, 7) is 6.28. The molecule has 1 N–H and O–H groups in total. The van der Waals surface area contributed by atoms with E-state index in [1.807, 2.05) is 35.8 Å². The van der Waals surface area contributed by atoms with Crippen LogP contribution in [0.2, 0.25) is 0 Å². The van der Waals surface area contributed by atoms with E-state index in [-0.39, 0.29) is 11.7 Å². The van der Waals surface area contributed by atoms with Gasteiger partial charge in [-0.2, -0.15) is 0 Å². The highest BCUT2D eigenvalue weighted by Gasteiger charge is 2.11. The third kappa shape index (κ3) is 4.49. The molecule has 0 bridgehead atoms. The number of carbonyl (C=O) groups excluding carboxylic acids is 1. The van der Waals surface area contributed by atoms with Crippen LogP contribution < -0.4 is 5.32 Å². The molecule has 0 saturated heterocycles. The smallest absolute Gasteiger partial charge is 0.236 e. The number of hydrogen-bond acceptors (Lipinski definition) is 5. The fourth-order valence-electron chi connectivity index (χ4n) is 2.43. The van der Waals surface area contributed by atoms with Gasteiger partial charge in [0.05, 0.1) is 5.75 Å². The number of pyridine rings is 1. The molecule has 0 unspecified atom stereocenters. The molecule has 3 rings (SSSR count). The molecule has 26 heavy (non-hydrogen) atoms. The predicted octanol–water partition coefficient (Wildman–Crippen LogP) is 3.82. The lowest BCUT2D eigenvalue weighted by atomic mass is 10.0. The van der Waals surface area contributed by atoms with Crippen molar-refractivity contribution >= 4 is 23.5 Å². The molecule has 2 aromatic heterocycles. The SMILES string of the molecule is Cc1ccnc(NC(=O)CSc2nncn2-c2ccc(C(C)C)cc2)c1. The molecule has 1 aromatic carbocycles. The van der Waals surface area contributed by atoms with Crippen LogP contribution in [-0.2, 0) is 4.79 Å². The molecule has 0 aliphatic rings. The first-order valence-electron chi connectivity index (χ1n) is 8.38. The number of thioether (sulfide) groups is 1. The molecular formula is C19H21N5OS. The van der Waals surface area contributed by atoms with Crippen LogP contribution in [0.25, 0.3) is 5.69 Å². The number of carbonyl (C=O) groups is 1. The van der Waals surface area contributed by atoms with E-state index in [1.54, 1.807) is 12.5 Å². The number of amides is 1. The summed E-state index contributed by atoms with van der Waals surface area (Å²) in [7, 11) is 0. The summed E-state index contributed by atoms with van der Waals surface area (Å²) < 4.78 is 1.88. The number of aryl methyl sites for hydroxylation is 1. The summed E-state index contributed by atoms with van der Waals surface area (Å²) >= 11 is 1.34. The van der Waals surface area contributed by atoms with Crippen molar-refractivity contribution in [3.63, 3.8) is 0 Å². The summed E-state index contributed by atoms with van der Waals surface area (Å²) in [5.74, 6) is 1.15. The predicted molar refractivity (Wildman–Crippen MR) is 104 cm³/mol. The van der Waals surface area contributed by atoms with Crippen molar-refractivity contribution in [2.24, 2.45) is 0 Å². The lowest BCUT2D eigenvalue weighted by Gasteiger charge is -2.09. The fraction of sp³-hybridized carbons (Fsp3) is 0.263. The van der Waals surface area contributed by atoms with E-state index in [9.17, 15) is 4.79 Å². The number of anilines is 1. The van der Waals surface area contributed by atoms with Crippen LogP contribution in [0, 0.1) is 6.92 Å². The molecule has 6 nitrogen and oxygen atoms in total. The second kappa shape index (κ2) is 8.14. The Morgan fingerprint density at radius 1 is 1.23 bits per heavy atom. The number of nitrogens with zero attached hydrogens (tertiary/aromatic N) is 4. The molecule has 134 valence electrons. The molecule has 7 heteroatoms. The molecule has 0 aliphatic carbocycles. The molecular weight excluding hydrogens is 346 g/mol. The number of rotatable bonds is 6. The Labute approximate surface area is 157 Å². The van der Waals surface area contributed by atoms with E-state index in [0.717, 1.165) is 11.3 Å². The zero-order chi connectivity index (χ0) is 18.5. The number of benzene rings is 1. The molecule has 2 heterocycles. The summed E-state index contributed by atoms with van der Waals surface area (Å²) in [6, 6.07) is 12.0. The van der Waals surface area contributed by atoms with Crippen molar-refractivity contribution in [3.8, 4) is 5.69 Å². The minimum Gasteiger partial charge on any atom is -0.310 e. The minimum atomic E-state index is -0.127. The Morgan fingerprint density at radius 3 is 2.69 bits per heavy atom. The van der Waals surface area contributed by atoms with Crippen LogP contribution in [0.1, 0.15) is 30.9 Å². The second-order valence-electron chi connectivity index (χ2n) is 6.29. The molecule has 3 aromatic rings. The Kier molecular flexibility index (Phi) is 5.68. The molecule has 0 radical (unpaired) electrons. The van der Waals surface area contributed by atoms with E-state index in [1.165, 1.54) is 17.3 Å². The Balaban J connectivity index is 1.64. The maximum Gasteiger partial charge on any atom is 0.236 e. The van der Waals surface area contributed by atoms with Gasteiger partial charge in [0.1, 0.15) is 12.1 Å². The molecule has 0 atom stereocenters. The lowest BCUT2D eigenvalue weighted by molar-refractivity contribution is -0.113. The molecule has 0 aliphatic heterocycles. The average Bonchev–Trinajstić information content (AvgIpc) is 3.08. The van der Waals surface area contributed by atoms with Crippen molar-refractivity contribution in [1.82, 2.24) is 19.7 Å². The monoisotopic (exact) mass is 367 g/mol. The first-order valence-corrected chi connectivity index (χ1v) is 9.37. The average molecular weight is 367 g/mol. The zero-order valence-electron chi connectivity index (χ0n) is 15.0. The first-order chi connectivity index (χ1) is 12.5. The van der Waals surface area contributed by atoms with Crippen LogP contribution in [0.4, 0.5) is 5.82 Å². The molecule has 1 amide bonds. The Hall–Kier alpha value is -2.67. The summed E-state index contributed by atoms with van der Waals surface area (Å²) in [6.07, 6.45) is 3.34. The highest BCUT2D eigenvalue weighted by atomic mass is 32.2. The Bertz CT molecular complexity index is 889. The highest BCUT2D eigenvalue weighted by Crippen LogP contribution is 2.22. The van der Waals surface area contributed by atoms with Crippen LogP contribution >= 0.6 is 11.8 Å². The van der Waals surface area contributed by atoms with Gasteiger partial charge in [0.15, 0.2) is 5.16 Å². The Morgan fingerprint density at radius 2 is 2.00 bits per heavy atom. The highest BCUT2D eigenvalue weighted by molar-refractivity contribution is 7.99. The maximum absolute atomic E-state index is 12.2. The zero-order valence-corrected chi connectivity index (χ0v) is 15.8. The van der Waals surface area contributed by atoms with Gasteiger partial charge in [0, 0.05) is 11.9 Å². The van der Waals surface area contributed by atoms with E-state index in [0.29, 0.717) is 16.9 Å². The van der Waals surface area contributed by atoms with Crippen molar-refractivity contribution in [2.45, 2.75) is 31.8 Å². The number of nitrogens with one attached hydrogen (secondary N) is 1. The fourth-order valence-corrected chi connectivity index (χ4v) is 3.16. The third-order valence-electron chi connectivity index (χ3n) is 3.87. The standard InChI is InChI=1S/C19H21N5OS/c1-13(2)15-4-6-16(7-5-15)24-12-21-23-19(24)26-11-18(25)22-17-10-14(3)8-9-20-17/h4-10,12-13H,11H2,1-3H3,(H,20,22,25). The van der Waals surface area contributed by atoms with Crippen molar-refractivity contribution in [3.05, 3.63) is 60.0 Å². The van der Waals surface area contributed by atoms with Gasteiger partial charge in [0.25, 0.3) is 0 Å². The van der Waals surface area contributed by atoms with E-state index in [4.69, 9.17) is 0 Å². The third-order valence-corrected chi connectivity index (χ3v) is 4.81. The number of hydrogen-bond donors (Lipinski definition) is 1. The molecule has 0 saturated carbocycles. The normalized spacial score (nSPS) is 10.9. The number of aromatic nitrogens is 4. The van der Waals surface area contributed by atoms with E-state index >= 15 is 0 Å². The van der Waals surface area contributed by atoms with Crippen LogP contribution in [0.5, 0.6) is 0 Å². The first kappa shape index (κ1) is 18.1. The van der Waals surface area contributed by atoms with Crippen LogP contribution in [0.15, 0.2) is 54.1 Å². The van der Waals surface area contributed by atoms with Crippen molar-refractivity contribution in [2.75, 3.05) is 11.1 Å². The second-order valence-corrected chi connectivity index (χ2v) is 7.23. The van der Waals surface area contributed by atoms with Crippen LogP contribution in [0.3, 0.4) is 0 Å². The summed E-state index contributed by atoms with van der Waals surface area (Å²) in [4.78, 5) is 16.3. The van der Waals surface area contributed by atoms with Gasteiger partial charge in [-0.3, -0.25) is 9.36 Å². The van der Waals surface area contributed by atoms with Gasteiger partial charge in [-0.25, -0.2) is 4.98 Å². The summed E-state index contributed by atoms with van der Waals surface area (Å²) in [5, 5.41) is 11.6. The van der Waals surface area contributed by atoms with Gasteiger partial charge in [-0.05, 0) is 48.2 Å². The van der Waals surface area contributed by atoms with E-state index in [2.05, 4.69) is 46.5 Å². The van der Waals surface area contributed by atoms with Crippen LogP contribution in [-0.4, -0.2) is 31.4 Å². The quantitative estimate of drug-likeness (QED) is 0.671. The maximum atomic E-state index is 12.2. The van der Waals surface area contributed by atoms with Gasteiger partial charge < -0.3 is 5.32 Å². The van der Waals surface area contributed by atoms with Crippen molar-refractivity contribution in [1.29, 1.82) is 0 Å². The van der Waals surface area contributed by atoms with Gasteiger partial charge in [-0.1, -0.05) is 37.7 Å². The largest absolute Gasteiger partial charge is 0.310 e. The lowest BCUT2D eigenvalue weighted by Crippen LogP contribution is -2.15. The van der Waals surface area contributed by atoms with Crippen molar-refractivity contribution < 1.29 is 4.79 Å². The van der Waals surface area contributed by atoms with E-state index < -0.39 is 0 Å². The minimum absolute atomic E-state index is 0.127. The van der Waals surface area contributed by atoms with Gasteiger partial charge in [-0.15, -0.1) is 10.2 Å². The summed E-state index contributed by atoms with van der Waals surface area (Å²) in [5.41, 5.74) is 3.30. The molecule has 0 fully saturated rings. The molecule has 0 spiro atoms.